The number of anilines is 3. The molecule has 136 valence electrons. The summed E-state index contributed by atoms with van der Waals surface area (Å²) in [6, 6.07) is 17.5. The van der Waals surface area contributed by atoms with Gasteiger partial charge in [-0.15, -0.1) is 0 Å². The molecule has 0 aliphatic rings. The normalized spacial score (nSPS) is 10.1. The van der Waals surface area contributed by atoms with Gasteiger partial charge < -0.3 is 15.4 Å². The summed E-state index contributed by atoms with van der Waals surface area (Å²) in [5.41, 5.74) is 2.53. The van der Waals surface area contributed by atoms with Gasteiger partial charge in [-0.1, -0.05) is 6.07 Å². The average molecular weight is 361 g/mol. The van der Waals surface area contributed by atoms with E-state index in [1.54, 1.807) is 67.9 Å². The van der Waals surface area contributed by atoms with E-state index >= 15 is 0 Å². The molecule has 2 N–H and O–H groups in total. The molecule has 0 radical (unpaired) electrons. The Hall–Kier alpha value is -3.67. The van der Waals surface area contributed by atoms with Crippen LogP contribution in [-0.4, -0.2) is 23.8 Å². The predicted molar refractivity (Wildman–Crippen MR) is 105 cm³/mol. The SMILES string of the molecule is COc1cccc(NC(=O)c2ccnc(Nc3ccc(C(C)=O)cc3)c2)c1. The Morgan fingerprint density at radius 2 is 1.70 bits per heavy atom. The number of benzene rings is 2. The van der Waals surface area contributed by atoms with Gasteiger partial charge in [0.05, 0.1) is 7.11 Å². The number of pyridine rings is 1. The van der Waals surface area contributed by atoms with E-state index in [9.17, 15) is 9.59 Å². The van der Waals surface area contributed by atoms with Gasteiger partial charge in [0.1, 0.15) is 11.6 Å². The summed E-state index contributed by atoms with van der Waals surface area (Å²) in [5, 5.41) is 5.96. The van der Waals surface area contributed by atoms with E-state index in [1.807, 2.05) is 6.07 Å². The number of nitrogens with one attached hydrogen (secondary N) is 2. The third-order valence-corrected chi connectivity index (χ3v) is 3.91. The number of hydrogen-bond donors (Lipinski definition) is 2. The number of ketones is 1. The second-order valence-electron chi connectivity index (χ2n) is 5.87. The lowest BCUT2D eigenvalue weighted by atomic mass is 10.1. The molecule has 0 fully saturated rings. The Morgan fingerprint density at radius 1 is 0.926 bits per heavy atom. The number of methoxy groups -OCH3 is 1. The van der Waals surface area contributed by atoms with E-state index in [4.69, 9.17) is 4.74 Å². The number of Topliss-reactive ketones (excluding diaryl/α,β-unsaturated/α-hetero) is 1. The minimum absolute atomic E-state index is 0.0101. The van der Waals surface area contributed by atoms with Crippen LogP contribution >= 0.6 is 0 Å². The maximum atomic E-state index is 12.5. The van der Waals surface area contributed by atoms with E-state index in [-0.39, 0.29) is 11.7 Å². The topological polar surface area (TPSA) is 80.3 Å². The molecular weight excluding hydrogens is 342 g/mol. The maximum Gasteiger partial charge on any atom is 0.255 e. The molecule has 27 heavy (non-hydrogen) atoms. The van der Waals surface area contributed by atoms with Crippen molar-refractivity contribution in [3.63, 3.8) is 0 Å². The first-order chi connectivity index (χ1) is 13.0. The zero-order valence-electron chi connectivity index (χ0n) is 15.0. The van der Waals surface area contributed by atoms with Gasteiger partial charge in [-0.05, 0) is 55.5 Å². The summed E-state index contributed by atoms with van der Waals surface area (Å²) < 4.78 is 5.16. The van der Waals surface area contributed by atoms with Gasteiger partial charge in [0.25, 0.3) is 5.91 Å². The summed E-state index contributed by atoms with van der Waals surface area (Å²) in [7, 11) is 1.57. The Bertz CT molecular complexity index is 968. The fourth-order valence-electron chi connectivity index (χ4n) is 2.48. The van der Waals surface area contributed by atoms with Crippen molar-refractivity contribution in [2.24, 2.45) is 0 Å². The van der Waals surface area contributed by atoms with Crippen LogP contribution in [0.25, 0.3) is 0 Å². The molecule has 1 aromatic heterocycles. The highest BCUT2D eigenvalue weighted by Crippen LogP contribution is 2.19. The second kappa shape index (κ2) is 8.14. The third kappa shape index (κ3) is 4.70. The summed E-state index contributed by atoms with van der Waals surface area (Å²) >= 11 is 0. The zero-order valence-corrected chi connectivity index (χ0v) is 15.0. The van der Waals surface area contributed by atoms with Crippen molar-refractivity contribution in [3.05, 3.63) is 78.0 Å². The van der Waals surface area contributed by atoms with E-state index in [1.165, 1.54) is 6.92 Å². The smallest absolute Gasteiger partial charge is 0.255 e. The van der Waals surface area contributed by atoms with Crippen LogP contribution in [0.5, 0.6) is 5.75 Å². The van der Waals surface area contributed by atoms with Crippen LogP contribution in [-0.2, 0) is 0 Å². The number of hydrogen-bond acceptors (Lipinski definition) is 5. The van der Waals surface area contributed by atoms with Crippen LogP contribution in [0.2, 0.25) is 0 Å². The molecule has 1 heterocycles. The first kappa shape index (κ1) is 18.1. The molecule has 1 amide bonds. The number of nitrogens with zero attached hydrogens (tertiary/aromatic N) is 1. The van der Waals surface area contributed by atoms with Crippen LogP contribution in [0.15, 0.2) is 66.9 Å². The lowest BCUT2D eigenvalue weighted by Crippen LogP contribution is -2.12. The first-order valence-corrected chi connectivity index (χ1v) is 8.34. The summed E-state index contributed by atoms with van der Waals surface area (Å²) in [4.78, 5) is 28.1. The van der Waals surface area contributed by atoms with E-state index in [0.29, 0.717) is 28.4 Å². The van der Waals surface area contributed by atoms with Crippen molar-refractivity contribution in [1.82, 2.24) is 4.98 Å². The van der Waals surface area contributed by atoms with Crippen molar-refractivity contribution in [2.45, 2.75) is 6.92 Å². The predicted octanol–water partition coefficient (Wildman–Crippen LogP) is 4.29. The summed E-state index contributed by atoms with van der Waals surface area (Å²) in [6.07, 6.45) is 1.56. The van der Waals surface area contributed by atoms with Crippen LogP contribution < -0.4 is 15.4 Å². The largest absolute Gasteiger partial charge is 0.497 e. The number of carbonyl (C=O) groups is 2. The summed E-state index contributed by atoms with van der Waals surface area (Å²) in [5.74, 6) is 0.958. The van der Waals surface area contributed by atoms with Crippen molar-refractivity contribution in [3.8, 4) is 5.75 Å². The highest BCUT2D eigenvalue weighted by Gasteiger charge is 2.09. The van der Waals surface area contributed by atoms with Crippen molar-refractivity contribution < 1.29 is 14.3 Å². The van der Waals surface area contributed by atoms with Crippen LogP contribution in [0, 0.1) is 0 Å². The molecule has 0 saturated carbocycles. The molecular formula is C21H19N3O3. The molecule has 0 aliphatic carbocycles. The average Bonchev–Trinajstić information content (AvgIpc) is 2.68. The van der Waals surface area contributed by atoms with Crippen LogP contribution in [0.4, 0.5) is 17.2 Å². The van der Waals surface area contributed by atoms with Gasteiger partial charge in [-0.2, -0.15) is 0 Å². The van der Waals surface area contributed by atoms with Gasteiger partial charge in [0.15, 0.2) is 5.78 Å². The Balaban J connectivity index is 1.72. The quantitative estimate of drug-likeness (QED) is 0.640. The number of carbonyl (C=O) groups excluding carboxylic acids is 2. The number of ether oxygens (including phenoxy) is 1. The van der Waals surface area contributed by atoms with Crippen molar-refractivity contribution in [1.29, 1.82) is 0 Å². The molecule has 0 saturated heterocycles. The molecule has 0 aliphatic heterocycles. The maximum absolute atomic E-state index is 12.5. The Labute approximate surface area is 157 Å². The number of rotatable bonds is 6. The summed E-state index contributed by atoms with van der Waals surface area (Å²) in [6.45, 7) is 1.52. The van der Waals surface area contributed by atoms with Crippen LogP contribution in [0.1, 0.15) is 27.6 Å². The van der Waals surface area contributed by atoms with E-state index in [0.717, 1.165) is 5.69 Å². The standard InChI is InChI=1S/C21H19N3O3/c1-14(25)15-6-8-17(9-7-15)23-20-12-16(10-11-22-20)21(26)24-18-4-3-5-19(13-18)27-2/h3-13H,1-2H3,(H,22,23)(H,24,26). The van der Waals surface area contributed by atoms with Gasteiger partial charge in [-0.25, -0.2) is 4.98 Å². The van der Waals surface area contributed by atoms with Gasteiger partial charge in [-0.3, -0.25) is 9.59 Å². The van der Waals surface area contributed by atoms with Crippen LogP contribution in [0.3, 0.4) is 0 Å². The monoisotopic (exact) mass is 361 g/mol. The highest BCUT2D eigenvalue weighted by molar-refractivity contribution is 6.04. The lowest BCUT2D eigenvalue weighted by molar-refractivity contribution is 0.101. The fourth-order valence-corrected chi connectivity index (χ4v) is 2.48. The molecule has 3 aromatic rings. The molecule has 6 heteroatoms. The third-order valence-electron chi connectivity index (χ3n) is 3.91. The van der Waals surface area contributed by atoms with E-state index < -0.39 is 0 Å². The van der Waals surface area contributed by atoms with E-state index in [2.05, 4.69) is 15.6 Å². The van der Waals surface area contributed by atoms with Gasteiger partial charge in [0.2, 0.25) is 0 Å². The number of aromatic nitrogens is 1. The first-order valence-electron chi connectivity index (χ1n) is 8.34. The lowest BCUT2D eigenvalue weighted by Gasteiger charge is -2.09. The molecule has 3 rings (SSSR count). The van der Waals surface area contributed by atoms with Gasteiger partial charge in [0, 0.05) is 34.8 Å². The van der Waals surface area contributed by atoms with Gasteiger partial charge >= 0.3 is 0 Å². The second-order valence-corrected chi connectivity index (χ2v) is 5.87. The Morgan fingerprint density at radius 3 is 2.41 bits per heavy atom. The zero-order chi connectivity index (χ0) is 19.2. The Kier molecular flexibility index (Phi) is 5.47. The highest BCUT2D eigenvalue weighted by atomic mass is 16.5. The number of amides is 1. The minimum Gasteiger partial charge on any atom is -0.497 e. The molecule has 0 bridgehead atoms. The van der Waals surface area contributed by atoms with Crippen molar-refractivity contribution >= 4 is 28.9 Å². The minimum atomic E-state index is -0.249. The molecule has 0 spiro atoms. The molecule has 2 aromatic carbocycles. The molecule has 6 nitrogen and oxygen atoms in total. The fraction of sp³-hybridized carbons (Fsp3) is 0.0952. The molecule has 0 atom stereocenters. The van der Waals surface area contributed by atoms with Crippen molar-refractivity contribution in [2.75, 3.05) is 17.7 Å². The molecule has 0 unspecified atom stereocenters.